The number of aromatic nitrogens is 5. The zero-order chi connectivity index (χ0) is 18.1. The largest absolute Gasteiger partial charge is 0.288 e. The summed E-state index contributed by atoms with van der Waals surface area (Å²) in [6.07, 6.45) is 0. The lowest BCUT2D eigenvalue weighted by Crippen LogP contribution is -2.15. The van der Waals surface area contributed by atoms with Gasteiger partial charge in [0.2, 0.25) is 5.16 Å². The number of rotatable bonds is 4. The smallest absolute Gasteiger partial charge is 0.279 e. The van der Waals surface area contributed by atoms with Gasteiger partial charge in [0.15, 0.2) is 5.69 Å². The molecule has 0 spiro atoms. The van der Waals surface area contributed by atoms with Crippen molar-refractivity contribution in [2.45, 2.75) is 10.9 Å². The second kappa shape index (κ2) is 7.11. The molecule has 0 aliphatic carbocycles. The maximum absolute atomic E-state index is 12.3. The number of hydrogen-bond acceptors (Lipinski definition) is 5. The molecule has 0 saturated heterocycles. The molecule has 26 heavy (non-hydrogen) atoms. The third-order valence-electron chi connectivity index (χ3n) is 3.65. The molecule has 6 nitrogen and oxygen atoms in total. The molecule has 130 valence electrons. The molecule has 9 heteroatoms. The van der Waals surface area contributed by atoms with Crippen molar-refractivity contribution in [2.24, 2.45) is 0 Å². The van der Waals surface area contributed by atoms with E-state index in [9.17, 15) is 4.79 Å². The van der Waals surface area contributed by atoms with E-state index in [0.29, 0.717) is 32.3 Å². The zero-order valence-electron chi connectivity index (χ0n) is 13.2. The first kappa shape index (κ1) is 17.1. The number of nitrogens with one attached hydrogen (secondary N) is 1. The lowest BCUT2D eigenvalue weighted by molar-refractivity contribution is 0.796. The minimum absolute atomic E-state index is 0.280. The van der Waals surface area contributed by atoms with Gasteiger partial charge in [-0.1, -0.05) is 59.2 Å². The highest BCUT2D eigenvalue weighted by Gasteiger charge is 2.13. The van der Waals surface area contributed by atoms with Gasteiger partial charge in [0.05, 0.1) is 0 Å². The van der Waals surface area contributed by atoms with Crippen LogP contribution in [0.5, 0.6) is 0 Å². The van der Waals surface area contributed by atoms with Crippen LogP contribution in [0, 0.1) is 0 Å². The van der Waals surface area contributed by atoms with Crippen LogP contribution in [0.2, 0.25) is 10.0 Å². The molecule has 0 unspecified atom stereocenters. The minimum atomic E-state index is -0.332. The Morgan fingerprint density at radius 3 is 2.31 bits per heavy atom. The molecule has 0 aliphatic rings. The van der Waals surface area contributed by atoms with Crippen LogP contribution >= 0.6 is 35.0 Å². The van der Waals surface area contributed by atoms with Crippen LogP contribution < -0.4 is 5.56 Å². The molecule has 0 aliphatic heterocycles. The van der Waals surface area contributed by atoms with Crippen molar-refractivity contribution in [3.05, 3.63) is 74.5 Å². The Bertz CT molecular complexity index is 1120. The van der Waals surface area contributed by atoms with E-state index in [1.807, 2.05) is 24.3 Å². The summed E-state index contributed by atoms with van der Waals surface area (Å²) >= 11 is 13.3. The summed E-state index contributed by atoms with van der Waals surface area (Å²) in [7, 11) is 0. The number of hydrogen-bond donors (Lipinski definition) is 1. The standard InChI is InChI=1S/C17H11Cl2N5OS/c18-12-5-1-10(2-6-12)9-26-17-22-21-16-20-15(25)14(23-24(16)17)11-3-7-13(19)8-4-11/h1-8H,9H2,(H,20,21,25). The first-order chi connectivity index (χ1) is 12.6. The Kier molecular flexibility index (Phi) is 4.67. The number of aromatic amines is 1. The maximum atomic E-state index is 12.3. The quantitative estimate of drug-likeness (QED) is 0.519. The van der Waals surface area contributed by atoms with E-state index < -0.39 is 0 Å². The zero-order valence-corrected chi connectivity index (χ0v) is 15.5. The summed E-state index contributed by atoms with van der Waals surface area (Å²) < 4.78 is 1.53. The molecule has 0 atom stereocenters. The monoisotopic (exact) mass is 403 g/mol. The number of halogens is 2. The van der Waals surface area contributed by atoms with Crippen molar-refractivity contribution in [1.29, 1.82) is 0 Å². The number of nitrogens with zero attached hydrogens (tertiary/aromatic N) is 4. The van der Waals surface area contributed by atoms with Crippen LogP contribution in [-0.4, -0.2) is 24.8 Å². The third kappa shape index (κ3) is 3.46. The lowest BCUT2D eigenvalue weighted by Gasteiger charge is -2.03. The van der Waals surface area contributed by atoms with Crippen LogP contribution in [0.4, 0.5) is 0 Å². The van der Waals surface area contributed by atoms with Crippen molar-refractivity contribution in [2.75, 3.05) is 0 Å². The van der Waals surface area contributed by atoms with E-state index in [1.54, 1.807) is 24.3 Å². The van der Waals surface area contributed by atoms with Crippen LogP contribution in [-0.2, 0) is 5.75 Å². The van der Waals surface area contributed by atoms with Gasteiger partial charge < -0.3 is 0 Å². The predicted octanol–water partition coefficient (Wildman–Crippen LogP) is 4.08. The SMILES string of the molecule is O=c1[nH]c2nnc(SCc3ccc(Cl)cc3)n2nc1-c1ccc(Cl)cc1. The molecular formula is C17H11Cl2N5OS. The van der Waals surface area contributed by atoms with Crippen LogP contribution in [0.1, 0.15) is 5.56 Å². The van der Waals surface area contributed by atoms with Gasteiger partial charge in [-0.3, -0.25) is 9.78 Å². The van der Waals surface area contributed by atoms with Gasteiger partial charge >= 0.3 is 0 Å². The van der Waals surface area contributed by atoms with E-state index in [1.165, 1.54) is 16.3 Å². The highest BCUT2D eigenvalue weighted by molar-refractivity contribution is 7.98. The molecule has 2 heterocycles. The van der Waals surface area contributed by atoms with Crippen LogP contribution in [0.3, 0.4) is 0 Å². The molecule has 0 amide bonds. The summed E-state index contributed by atoms with van der Waals surface area (Å²) in [5.74, 6) is 0.973. The summed E-state index contributed by atoms with van der Waals surface area (Å²) in [5, 5.41) is 14.4. The molecule has 0 fully saturated rings. The maximum Gasteiger partial charge on any atom is 0.279 e. The molecular weight excluding hydrogens is 393 g/mol. The first-order valence-electron chi connectivity index (χ1n) is 7.59. The van der Waals surface area contributed by atoms with Gasteiger partial charge in [0, 0.05) is 21.4 Å². The fraction of sp³-hybridized carbons (Fsp3) is 0.0588. The Morgan fingerprint density at radius 2 is 1.62 bits per heavy atom. The molecule has 2 aromatic carbocycles. The highest BCUT2D eigenvalue weighted by atomic mass is 35.5. The molecule has 0 radical (unpaired) electrons. The van der Waals surface area contributed by atoms with Gasteiger partial charge in [0.25, 0.3) is 11.3 Å². The third-order valence-corrected chi connectivity index (χ3v) is 5.15. The fourth-order valence-electron chi connectivity index (χ4n) is 2.35. The summed E-state index contributed by atoms with van der Waals surface area (Å²) in [4.78, 5) is 15.0. The minimum Gasteiger partial charge on any atom is -0.288 e. The topological polar surface area (TPSA) is 75.9 Å². The van der Waals surface area contributed by atoms with E-state index in [2.05, 4.69) is 20.3 Å². The number of thioether (sulfide) groups is 1. The van der Waals surface area contributed by atoms with Crippen LogP contribution in [0.25, 0.3) is 17.0 Å². The van der Waals surface area contributed by atoms with E-state index >= 15 is 0 Å². The van der Waals surface area contributed by atoms with Crippen molar-refractivity contribution < 1.29 is 0 Å². The second-order valence-corrected chi connectivity index (χ2v) is 7.26. The average molecular weight is 404 g/mol. The second-order valence-electron chi connectivity index (χ2n) is 5.44. The molecule has 1 N–H and O–H groups in total. The molecule has 4 aromatic rings. The molecule has 0 saturated carbocycles. The number of fused-ring (bicyclic) bond motifs is 1. The molecule has 2 aromatic heterocycles. The van der Waals surface area contributed by atoms with Gasteiger partial charge in [-0.15, -0.1) is 10.2 Å². The van der Waals surface area contributed by atoms with Gasteiger partial charge in [-0.05, 0) is 29.8 Å². The van der Waals surface area contributed by atoms with Gasteiger partial charge in [0.1, 0.15) is 0 Å². The van der Waals surface area contributed by atoms with Crippen molar-refractivity contribution in [3.8, 4) is 11.3 Å². The van der Waals surface area contributed by atoms with Crippen molar-refractivity contribution >= 4 is 40.7 Å². The van der Waals surface area contributed by atoms with Gasteiger partial charge in [-0.25, -0.2) is 0 Å². The fourth-order valence-corrected chi connectivity index (χ4v) is 3.44. The Hall–Kier alpha value is -2.35. The summed E-state index contributed by atoms with van der Waals surface area (Å²) in [5.41, 5.74) is 1.71. The summed E-state index contributed by atoms with van der Waals surface area (Å²) in [6.45, 7) is 0. The van der Waals surface area contributed by atoms with Gasteiger partial charge in [-0.2, -0.15) is 9.61 Å². The molecule has 4 rings (SSSR count). The normalized spacial score (nSPS) is 11.2. The highest BCUT2D eigenvalue weighted by Crippen LogP contribution is 2.22. The lowest BCUT2D eigenvalue weighted by atomic mass is 10.2. The Balaban J connectivity index is 1.68. The predicted molar refractivity (Wildman–Crippen MR) is 103 cm³/mol. The average Bonchev–Trinajstić information content (AvgIpc) is 3.03. The summed E-state index contributed by atoms with van der Waals surface area (Å²) in [6, 6.07) is 14.5. The number of H-pyrrole nitrogens is 1. The van der Waals surface area contributed by atoms with Crippen LogP contribution in [0.15, 0.2) is 58.5 Å². The van der Waals surface area contributed by atoms with Crippen molar-refractivity contribution in [3.63, 3.8) is 0 Å². The van der Waals surface area contributed by atoms with Crippen molar-refractivity contribution in [1.82, 2.24) is 24.8 Å². The van der Waals surface area contributed by atoms with E-state index in [0.717, 1.165) is 5.56 Å². The Labute approximate surface area is 162 Å². The van der Waals surface area contributed by atoms with E-state index in [4.69, 9.17) is 23.2 Å². The Morgan fingerprint density at radius 1 is 0.962 bits per heavy atom. The molecule has 0 bridgehead atoms. The first-order valence-corrected chi connectivity index (χ1v) is 9.33. The van der Waals surface area contributed by atoms with E-state index in [-0.39, 0.29) is 11.3 Å². The number of benzene rings is 2.